The van der Waals surface area contributed by atoms with Gasteiger partial charge in [-0.3, -0.25) is 9.59 Å². The fourth-order valence-electron chi connectivity index (χ4n) is 2.95. The lowest BCUT2D eigenvalue weighted by atomic mass is 9.93. The number of carboxylic acids is 1. The Balaban J connectivity index is 2.03. The zero-order valence-corrected chi connectivity index (χ0v) is 13.2. The second kappa shape index (κ2) is 7.29. The third-order valence-electron chi connectivity index (χ3n) is 4.23. The zero-order chi connectivity index (χ0) is 16.1. The van der Waals surface area contributed by atoms with Crippen LogP contribution in [0.15, 0.2) is 18.2 Å². The molecule has 0 saturated carbocycles. The van der Waals surface area contributed by atoms with E-state index in [2.05, 4.69) is 0 Å². The molecule has 1 N–H and O–H groups in total. The van der Waals surface area contributed by atoms with E-state index in [1.807, 2.05) is 24.0 Å². The number of rotatable bonds is 5. The summed E-state index contributed by atoms with van der Waals surface area (Å²) in [4.78, 5) is 25.1. The van der Waals surface area contributed by atoms with E-state index in [1.165, 1.54) is 0 Å². The van der Waals surface area contributed by atoms with Gasteiger partial charge in [0.15, 0.2) is 0 Å². The molecule has 0 spiro atoms. The first kappa shape index (κ1) is 16.3. The molecule has 1 atom stereocenters. The largest absolute Gasteiger partial charge is 0.496 e. The summed E-state index contributed by atoms with van der Waals surface area (Å²) < 4.78 is 5.27. The van der Waals surface area contributed by atoms with Crippen LogP contribution >= 0.6 is 0 Å². The Labute approximate surface area is 130 Å². The van der Waals surface area contributed by atoms with E-state index in [0.29, 0.717) is 24.3 Å². The molecule has 0 aliphatic carbocycles. The number of benzene rings is 1. The lowest BCUT2D eigenvalue weighted by Gasteiger charge is -2.32. The van der Waals surface area contributed by atoms with Gasteiger partial charge in [-0.1, -0.05) is 6.07 Å². The van der Waals surface area contributed by atoms with Gasteiger partial charge in [-0.2, -0.15) is 0 Å². The first-order valence-electron chi connectivity index (χ1n) is 7.67. The SMILES string of the molecule is COc1cc(C(=O)N2CCC[C@H](CCC(=O)O)C2)ccc1C. The number of aryl methyl sites for hydroxylation is 1. The van der Waals surface area contributed by atoms with Gasteiger partial charge in [-0.15, -0.1) is 0 Å². The van der Waals surface area contributed by atoms with Crippen molar-refractivity contribution in [2.75, 3.05) is 20.2 Å². The maximum absolute atomic E-state index is 12.6. The summed E-state index contributed by atoms with van der Waals surface area (Å²) >= 11 is 0. The van der Waals surface area contributed by atoms with Crippen molar-refractivity contribution in [3.8, 4) is 5.75 Å². The van der Waals surface area contributed by atoms with Gasteiger partial charge in [0.25, 0.3) is 5.91 Å². The number of carbonyl (C=O) groups is 2. The van der Waals surface area contributed by atoms with E-state index >= 15 is 0 Å². The molecule has 1 amide bonds. The Morgan fingerprint density at radius 3 is 2.86 bits per heavy atom. The number of nitrogens with zero attached hydrogens (tertiary/aromatic N) is 1. The van der Waals surface area contributed by atoms with Crippen molar-refractivity contribution in [1.82, 2.24) is 4.90 Å². The highest BCUT2D eigenvalue weighted by Crippen LogP contribution is 2.24. The van der Waals surface area contributed by atoms with E-state index in [9.17, 15) is 9.59 Å². The molecule has 1 aliphatic heterocycles. The number of ether oxygens (including phenoxy) is 1. The molecule has 1 aromatic carbocycles. The molecule has 22 heavy (non-hydrogen) atoms. The predicted molar refractivity (Wildman–Crippen MR) is 83.2 cm³/mol. The highest BCUT2D eigenvalue weighted by atomic mass is 16.5. The van der Waals surface area contributed by atoms with Crippen LogP contribution in [0.5, 0.6) is 5.75 Å². The van der Waals surface area contributed by atoms with E-state index < -0.39 is 5.97 Å². The number of aliphatic carboxylic acids is 1. The molecule has 1 aliphatic rings. The molecular weight excluding hydrogens is 282 g/mol. The van der Waals surface area contributed by atoms with Crippen LogP contribution in [-0.4, -0.2) is 42.1 Å². The molecule has 5 heteroatoms. The number of amides is 1. The zero-order valence-electron chi connectivity index (χ0n) is 13.2. The van der Waals surface area contributed by atoms with Gasteiger partial charge in [0.05, 0.1) is 7.11 Å². The van der Waals surface area contributed by atoms with Crippen molar-refractivity contribution < 1.29 is 19.4 Å². The van der Waals surface area contributed by atoms with Gasteiger partial charge < -0.3 is 14.7 Å². The molecule has 2 rings (SSSR count). The third-order valence-corrected chi connectivity index (χ3v) is 4.23. The minimum atomic E-state index is -0.772. The number of hydrogen-bond acceptors (Lipinski definition) is 3. The van der Waals surface area contributed by atoms with E-state index in [-0.39, 0.29) is 18.2 Å². The summed E-state index contributed by atoms with van der Waals surface area (Å²) in [7, 11) is 1.60. The molecule has 5 nitrogen and oxygen atoms in total. The molecule has 0 unspecified atom stereocenters. The summed E-state index contributed by atoms with van der Waals surface area (Å²) in [5, 5.41) is 8.79. The fraction of sp³-hybridized carbons (Fsp3) is 0.529. The fourth-order valence-corrected chi connectivity index (χ4v) is 2.95. The third kappa shape index (κ3) is 4.00. The first-order valence-corrected chi connectivity index (χ1v) is 7.67. The van der Waals surface area contributed by atoms with Crippen molar-refractivity contribution in [2.45, 2.75) is 32.6 Å². The molecule has 1 saturated heterocycles. The molecule has 1 fully saturated rings. The van der Waals surface area contributed by atoms with E-state index in [4.69, 9.17) is 9.84 Å². The second-order valence-electron chi connectivity index (χ2n) is 5.88. The summed E-state index contributed by atoms with van der Waals surface area (Å²) in [6.07, 6.45) is 2.73. The highest BCUT2D eigenvalue weighted by molar-refractivity contribution is 5.94. The number of carboxylic acid groups (broad SMARTS) is 1. The maximum Gasteiger partial charge on any atom is 0.303 e. The number of hydrogen-bond donors (Lipinski definition) is 1. The maximum atomic E-state index is 12.6. The van der Waals surface area contributed by atoms with Crippen LogP contribution in [0.1, 0.15) is 41.6 Å². The Bertz CT molecular complexity index is 556. The van der Waals surface area contributed by atoms with E-state index in [0.717, 1.165) is 24.9 Å². The van der Waals surface area contributed by atoms with Gasteiger partial charge in [-0.25, -0.2) is 0 Å². The lowest BCUT2D eigenvalue weighted by molar-refractivity contribution is -0.137. The Morgan fingerprint density at radius 2 is 2.18 bits per heavy atom. The average Bonchev–Trinajstić information content (AvgIpc) is 2.53. The Morgan fingerprint density at radius 1 is 1.41 bits per heavy atom. The van der Waals surface area contributed by atoms with Crippen LogP contribution in [0.2, 0.25) is 0 Å². The minimum Gasteiger partial charge on any atom is -0.496 e. The summed E-state index contributed by atoms with van der Waals surface area (Å²) in [6.45, 7) is 3.32. The summed E-state index contributed by atoms with van der Waals surface area (Å²) in [5.41, 5.74) is 1.62. The van der Waals surface area contributed by atoms with Crippen LogP contribution < -0.4 is 4.74 Å². The number of likely N-dealkylation sites (tertiary alicyclic amines) is 1. The van der Waals surface area contributed by atoms with Gasteiger partial charge >= 0.3 is 5.97 Å². The topological polar surface area (TPSA) is 66.8 Å². The smallest absolute Gasteiger partial charge is 0.303 e. The second-order valence-corrected chi connectivity index (χ2v) is 5.88. The van der Waals surface area contributed by atoms with Gasteiger partial charge in [0.2, 0.25) is 0 Å². The Hall–Kier alpha value is -2.04. The highest BCUT2D eigenvalue weighted by Gasteiger charge is 2.25. The number of carbonyl (C=O) groups excluding carboxylic acids is 1. The van der Waals surface area contributed by atoms with Gasteiger partial charge in [-0.05, 0) is 49.8 Å². The molecule has 1 heterocycles. The van der Waals surface area contributed by atoms with Crippen molar-refractivity contribution in [3.63, 3.8) is 0 Å². The minimum absolute atomic E-state index is 0.00155. The molecule has 120 valence electrons. The molecular formula is C17H23NO4. The monoisotopic (exact) mass is 305 g/mol. The van der Waals surface area contributed by atoms with Crippen LogP contribution in [0.4, 0.5) is 0 Å². The normalized spacial score (nSPS) is 18.1. The lowest BCUT2D eigenvalue weighted by Crippen LogP contribution is -2.40. The van der Waals surface area contributed by atoms with E-state index in [1.54, 1.807) is 13.2 Å². The van der Waals surface area contributed by atoms with Crippen LogP contribution in [-0.2, 0) is 4.79 Å². The number of piperidine rings is 1. The number of methoxy groups -OCH3 is 1. The van der Waals surface area contributed by atoms with Gasteiger partial charge in [0, 0.05) is 25.1 Å². The van der Waals surface area contributed by atoms with Crippen molar-refractivity contribution in [3.05, 3.63) is 29.3 Å². The predicted octanol–water partition coefficient (Wildman–Crippen LogP) is 2.72. The summed E-state index contributed by atoms with van der Waals surface area (Å²) in [6, 6.07) is 5.48. The van der Waals surface area contributed by atoms with Crippen molar-refractivity contribution in [2.24, 2.45) is 5.92 Å². The van der Waals surface area contributed by atoms with Crippen LogP contribution in [0, 0.1) is 12.8 Å². The standard InChI is InChI=1S/C17H23NO4/c1-12-5-7-14(10-15(12)22-2)17(21)18-9-3-4-13(11-18)6-8-16(19)20/h5,7,10,13H,3-4,6,8-9,11H2,1-2H3,(H,19,20)/t13-/m1/s1. The molecule has 0 radical (unpaired) electrons. The molecule has 0 aromatic heterocycles. The molecule has 0 bridgehead atoms. The first-order chi connectivity index (χ1) is 10.5. The average molecular weight is 305 g/mol. The quantitative estimate of drug-likeness (QED) is 0.908. The van der Waals surface area contributed by atoms with Crippen molar-refractivity contribution in [1.29, 1.82) is 0 Å². The van der Waals surface area contributed by atoms with Crippen LogP contribution in [0.25, 0.3) is 0 Å². The van der Waals surface area contributed by atoms with Gasteiger partial charge in [0.1, 0.15) is 5.75 Å². The van der Waals surface area contributed by atoms with Crippen molar-refractivity contribution >= 4 is 11.9 Å². The summed E-state index contributed by atoms with van der Waals surface area (Å²) in [5.74, 6) is 0.219. The van der Waals surface area contributed by atoms with Crippen LogP contribution in [0.3, 0.4) is 0 Å². The Kier molecular flexibility index (Phi) is 5.41. The molecule has 1 aromatic rings.